The lowest BCUT2D eigenvalue weighted by atomic mass is 10.1. The van der Waals surface area contributed by atoms with Gasteiger partial charge in [0.1, 0.15) is 10.8 Å². The summed E-state index contributed by atoms with van der Waals surface area (Å²) in [7, 11) is 3.08. The van der Waals surface area contributed by atoms with Gasteiger partial charge in [0.05, 0.1) is 16.4 Å². The standard InChI is InChI=1S/C16H13Cl2N3O2/c1-21-11-7-8-12(18)19-14(11)13(20-15(23-2)16(21)22)9-5-3-4-6-10(9)17/h3-8,15H,1-2H3. The van der Waals surface area contributed by atoms with E-state index in [2.05, 4.69) is 9.98 Å². The number of methoxy groups -OCH3 is 1. The topological polar surface area (TPSA) is 54.8 Å². The van der Waals surface area contributed by atoms with Crippen LogP contribution < -0.4 is 4.90 Å². The molecule has 1 atom stereocenters. The number of aromatic nitrogens is 1. The smallest absolute Gasteiger partial charge is 0.278 e. The minimum atomic E-state index is -0.973. The van der Waals surface area contributed by atoms with Gasteiger partial charge in [-0.25, -0.2) is 9.98 Å². The first-order chi connectivity index (χ1) is 11.0. The third-order valence-corrected chi connectivity index (χ3v) is 4.11. The lowest BCUT2D eigenvalue weighted by Crippen LogP contribution is -2.35. The first-order valence-corrected chi connectivity index (χ1v) is 7.58. The molecule has 118 valence electrons. The van der Waals surface area contributed by atoms with Gasteiger partial charge < -0.3 is 9.64 Å². The lowest BCUT2D eigenvalue weighted by molar-refractivity contribution is -0.127. The van der Waals surface area contributed by atoms with Gasteiger partial charge in [-0.2, -0.15) is 0 Å². The quantitative estimate of drug-likeness (QED) is 0.782. The molecule has 5 nitrogen and oxygen atoms in total. The van der Waals surface area contributed by atoms with E-state index >= 15 is 0 Å². The Morgan fingerprint density at radius 2 is 1.91 bits per heavy atom. The molecule has 1 aliphatic rings. The number of carbonyl (C=O) groups excluding carboxylic acids is 1. The van der Waals surface area contributed by atoms with Gasteiger partial charge in [0.15, 0.2) is 0 Å². The molecule has 2 aromatic rings. The number of carbonyl (C=O) groups is 1. The SMILES string of the molecule is COC1N=C(c2ccccc2Cl)c2nc(Cl)ccc2N(C)C1=O. The molecule has 0 radical (unpaired) electrons. The molecular weight excluding hydrogens is 337 g/mol. The molecule has 0 fully saturated rings. The highest BCUT2D eigenvalue weighted by Gasteiger charge is 2.31. The van der Waals surface area contributed by atoms with E-state index in [1.54, 1.807) is 25.2 Å². The number of aliphatic imine (C=N–C) groups is 1. The van der Waals surface area contributed by atoms with Crippen molar-refractivity contribution in [3.05, 3.63) is 57.8 Å². The number of fused-ring (bicyclic) bond motifs is 1. The number of nitrogens with zero attached hydrogens (tertiary/aromatic N) is 3. The Morgan fingerprint density at radius 1 is 1.17 bits per heavy atom. The number of likely N-dealkylation sites (N-methyl/N-ethyl adjacent to an activating group) is 1. The van der Waals surface area contributed by atoms with E-state index in [9.17, 15) is 4.79 Å². The highest BCUT2D eigenvalue weighted by atomic mass is 35.5. The highest BCUT2D eigenvalue weighted by Crippen LogP contribution is 2.30. The fourth-order valence-corrected chi connectivity index (χ4v) is 2.77. The monoisotopic (exact) mass is 349 g/mol. The molecular formula is C16H13Cl2N3O2. The maximum atomic E-state index is 12.5. The number of benzene rings is 1. The van der Waals surface area contributed by atoms with E-state index in [0.717, 1.165) is 0 Å². The van der Waals surface area contributed by atoms with Gasteiger partial charge in [-0.1, -0.05) is 41.4 Å². The summed E-state index contributed by atoms with van der Waals surface area (Å²) in [6.07, 6.45) is -0.973. The van der Waals surface area contributed by atoms with Crippen LogP contribution in [0.5, 0.6) is 0 Å². The summed E-state index contributed by atoms with van der Waals surface area (Å²) in [4.78, 5) is 22.7. The van der Waals surface area contributed by atoms with E-state index in [1.165, 1.54) is 12.0 Å². The van der Waals surface area contributed by atoms with Crippen LogP contribution in [-0.4, -0.2) is 37.0 Å². The molecule has 1 aromatic heterocycles. The number of amides is 1. The predicted molar refractivity (Wildman–Crippen MR) is 90.5 cm³/mol. The maximum Gasteiger partial charge on any atom is 0.278 e. The van der Waals surface area contributed by atoms with Gasteiger partial charge >= 0.3 is 0 Å². The van der Waals surface area contributed by atoms with Crippen molar-refractivity contribution >= 4 is 40.5 Å². The zero-order valence-corrected chi connectivity index (χ0v) is 14.0. The van der Waals surface area contributed by atoms with Crippen molar-refractivity contribution in [2.45, 2.75) is 6.23 Å². The summed E-state index contributed by atoms with van der Waals surface area (Å²) in [6, 6.07) is 10.6. The van der Waals surface area contributed by atoms with Gasteiger partial charge in [-0.05, 0) is 18.2 Å². The summed E-state index contributed by atoms with van der Waals surface area (Å²) in [6.45, 7) is 0. The van der Waals surface area contributed by atoms with Crippen LogP contribution in [0, 0.1) is 0 Å². The third kappa shape index (κ3) is 2.83. The van der Waals surface area contributed by atoms with E-state index in [-0.39, 0.29) is 5.91 Å². The van der Waals surface area contributed by atoms with Crippen molar-refractivity contribution in [3.8, 4) is 0 Å². The Hall–Kier alpha value is -1.95. The zero-order valence-electron chi connectivity index (χ0n) is 12.5. The molecule has 1 amide bonds. The molecule has 0 spiro atoms. The van der Waals surface area contributed by atoms with Crippen LogP contribution in [0.15, 0.2) is 41.4 Å². The normalized spacial score (nSPS) is 17.6. The Balaban J connectivity index is 2.31. The molecule has 7 heteroatoms. The molecule has 0 N–H and O–H groups in total. The first-order valence-electron chi connectivity index (χ1n) is 6.83. The van der Waals surface area contributed by atoms with Crippen LogP contribution in [-0.2, 0) is 9.53 Å². The Bertz CT molecular complexity index is 808. The largest absolute Gasteiger partial charge is 0.352 e. The molecule has 0 bridgehead atoms. The Morgan fingerprint density at radius 3 is 2.61 bits per heavy atom. The Kier molecular flexibility index (Phi) is 4.35. The van der Waals surface area contributed by atoms with Crippen LogP contribution in [0.2, 0.25) is 10.2 Å². The summed E-state index contributed by atoms with van der Waals surface area (Å²) < 4.78 is 5.22. The van der Waals surface area contributed by atoms with Gasteiger partial charge in [-0.15, -0.1) is 0 Å². The molecule has 2 heterocycles. The van der Waals surface area contributed by atoms with Crippen molar-refractivity contribution in [1.29, 1.82) is 0 Å². The number of hydrogen-bond acceptors (Lipinski definition) is 4. The molecule has 1 unspecified atom stereocenters. The molecule has 1 aliphatic heterocycles. The fraction of sp³-hybridized carbons (Fsp3) is 0.188. The zero-order chi connectivity index (χ0) is 16.6. The average molecular weight is 350 g/mol. The van der Waals surface area contributed by atoms with E-state index < -0.39 is 6.23 Å². The second-order valence-corrected chi connectivity index (χ2v) is 5.74. The predicted octanol–water partition coefficient (Wildman–Crippen LogP) is 3.17. The number of hydrogen-bond donors (Lipinski definition) is 0. The van der Waals surface area contributed by atoms with Crippen LogP contribution >= 0.6 is 23.2 Å². The van der Waals surface area contributed by atoms with E-state index in [4.69, 9.17) is 27.9 Å². The van der Waals surface area contributed by atoms with Crippen molar-refractivity contribution in [3.63, 3.8) is 0 Å². The van der Waals surface area contributed by atoms with Crippen molar-refractivity contribution in [2.75, 3.05) is 19.1 Å². The Labute approximate surface area is 143 Å². The number of rotatable bonds is 2. The van der Waals surface area contributed by atoms with Crippen LogP contribution in [0.3, 0.4) is 0 Å². The summed E-state index contributed by atoms with van der Waals surface area (Å²) >= 11 is 12.3. The first kappa shape index (κ1) is 15.9. The maximum absolute atomic E-state index is 12.5. The fourth-order valence-electron chi connectivity index (χ4n) is 2.39. The number of halogens is 2. The van der Waals surface area contributed by atoms with Crippen LogP contribution in [0.25, 0.3) is 0 Å². The lowest BCUT2D eigenvalue weighted by Gasteiger charge is -2.19. The minimum Gasteiger partial charge on any atom is -0.352 e. The number of ether oxygens (including phenoxy) is 1. The highest BCUT2D eigenvalue weighted by molar-refractivity contribution is 6.36. The van der Waals surface area contributed by atoms with E-state index in [0.29, 0.717) is 32.8 Å². The molecule has 0 aliphatic carbocycles. The van der Waals surface area contributed by atoms with Crippen molar-refractivity contribution < 1.29 is 9.53 Å². The van der Waals surface area contributed by atoms with Crippen LogP contribution in [0.1, 0.15) is 11.3 Å². The van der Waals surface area contributed by atoms with Gasteiger partial charge in [0, 0.05) is 19.7 Å². The molecule has 1 aromatic carbocycles. The summed E-state index contributed by atoms with van der Waals surface area (Å²) in [5, 5.41) is 0.811. The minimum absolute atomic E-state index is 0.292. The molecule has 3 rings (SSSR count). The van der Waals surface area contributed by atoms with E-state index in [1.807, 2.05) is 18.2 Å². The van der Waals surface area contributed by atoms with Gasteiger partial charge in [0.25, 0.3) is 5.91 Å². The van der Waals surface area contributed by atoms with Crippen molar-refractivity contribution in [1.82, 2.24) is 4.98 Å². The second kappa shape index (κ2) is 6.28. The molecule has 23 heavy (non-hydrogen) atoms. The van der Waals surface area contributed by atoms with Gasteiger partial charge in [0.2, 0.25) is 6.23 Å². The summed E-state index contributed by atoms with van der Waals surface area (Å²) in [5.41, 5.74) is 2.21. The number of anilines is 1. The van der Waals surface area contributed by atoms with Gasteiger partial charge in [-0.3, -0.25) is 4.79 Å². The van der Waals surface area contributed by atoms with Crippen LogP contribution in [0.4, 0.5) is 5.69 Å². The van der Waals surface area contributed by atoms with Crippen molar-refractivity contribution in [2.24, 2.45) is 4.99 Å². The molecule has 0 saturated carbocycles. The summed E-state index contributed by atoms with van der Waals surface area (Å²) in [5.74, 6) is -0.292. The molecule has 0 saturated heterocycles. The number of pyridine rings is 1. The second-order valence-electron chi connectivity index (χ2n) is 4.94. The average Bonchev–Trinajstić information content (AvgIpc) is 2.65. The third-order valence-electron chi connectivity index (χ3n) is 3.57.